The van der Waals surface area contributed by atoms with Crippen LogP contribution in [0.5, 0.6) is 0 Å². The predicted octanol–water partition coefficient (Wildman–Crippen LogP) is 3.06. The lowest BCUT2D eigenvalue weighted by Crippen LogP contribution is -2.37. The Morgan fingerprint density at radius 1 is 1.26 bits per heavy atom. The number of carbonyl (C=O) groups excluding carboxylic acids is 1. The minimum Gasteiger partial charge on any atom is -0.388 e. The highest BCUT2D eigenvalue weighted by molar-refractivity contribution is 5.51. The van der Waals surface area contributed by atoms with E-state index in [9.17, 15) is 4.79 Å². The number of amides is 1. The molecule has 0 heterocycles. The van der Waals surface area contributed by atoms with Crippen molar-refractivity contribution in [2.24, 2.45) is 0 Å². The first-order valence-electron chi connectivity index (χ1n) is 7.32. The Hall–Kier alpha value is -1.51. The van der Waals surface area contributed by atoms with Crippen molar-refractivity contribution in [2.75, 3.05) is 18.9 Å². The van der Waals surface area contributed by atoms with Crippen molar-refractivity contribution in [3.05, 3.63) is 29.8 Å². The lowest BCUT2D eigenvalue weighted by Gasteiger charge is -2.31. The summed E-state index contributed by atoms with van der Waals surface area (Å²) >= 11 is 0. The fraction of sp³-hybridized carbons (Fsp3) is 0.562. The van der Waals surface area contributed by atoms with Gasteiger partial charge in [0.15, 0.2) is 0 Å². The van der Waals surface area contributed by atoms with E-state index in [1.54, 1.807) is 0 Å². The molecule has 19 heavy (non-hydrogen) atoms. The second kappa shape index (κ2) is 7.17. The third-order valence-corrected chi connectivity index (χ3v) is 4.11. The highest BCUT2D eigenvalue weighted by Crippen LogP contribution is 2.22. The summed E-state index contributed by atoms with van der Waals surface area (Å²) in [5.74, 6) is 0. The molecule has 0 bridgehead atoms. The number of nitrogens with one attached hydrogen (secondary N) is 1. The monoisotopic (exact) mass is 260 g/mol. The summed E-state index contributed by atoms with van der Waals surface area (Å²) in [6.07, 6.45) is 8.17. The Balaban J connectivity index is 1.93. The van der Waals surface area contributed by atoms with E-state index in [0.717, 1.165) is 25.1 Å². The number of benzene rings is 1. The number of nitrogens with zero attached hydrogens (tertiary/aromatic N) is 1. The van der Waals surface area contributed by atoms with E-state index in [4.69, 9.17) is 0 Å². The van der Waals surface area contributed by atoms with Crippen molar-refractivity contribution in [3.8, 4) is 0 Å². The fourth-order valence-electron chi connectivity index (χ4n) is 2.97. The molecule has 1 amide bonds. The maximum atomic E-state index is 11.3. The SMILES string of the molecule is CNc1ccccc1CCN(C=O)C1CCCCC1. The van der Waals surface area contributed by atoms with Gasteiger partial charge >= 0.3 is 0 Å². The summed E-state index contributed by atoms with van der Waals surface area (Å²) in [4.78, 5) is 13.3. The Morgan fingerprint density at radius 3 is 2.68 bits per heavy atom. The summed E-state index contributed by atoms with van der Waals surface area (Å²) in [5.41, 5.74) is 2.45. The molecule has 1 saturated carbocycles. The van der Waals surface area contributed by atoms with Crippen LogP contribution in [0.2, 0.25) is 0 Å². The molecule has 0 aliphatic heterocycles. The van der Waals surface area contributed by atoms with Crippen molar-refractivity contribution in [1.82, 2.24) is 4.90 Å². The molecular formula is C16H24N2O. The molecule has 2 rings (SSSR count). The number of carbonyl (C=O) groups is 1. The molecule has 3 nitrogen and oxygen atoms in total. The smallest absolute Gasteiger partial charge is 0.209 e. The van der Waals surface area contributed by atoms with Gasteiger partial charge in [0, 0.05) is 25.3 Å². The number of anilines is 1. The first-order chi connectivity index (χ1) is 9.35. The van der Waals surface area contributed by atoms with Gasteiger partial charge in [-0.2, -0.15) is 0 Å². The van der Waals surface area contributed by atoms with Gasteiger partial charge in [-0.05, 0) is 30.9 Å². The fourth-order valence-corrected chi connectivity index (χ4v) is 2.97. The highest BCUT2D eigenvalue weighted by atomic mass is 16.1. The maximum absolute atomic E-state index is 11.3. The van der Waals surface area contributed by atoms with E-state index >= 15 is 0 Å². The van der Waals surface area contributed by atoms with Gasteiger partial charge in [0.25, 0.3) is 0 Å². The Bertz CT molecular complexity index is 399. The van der Waals surface area contributed by atoms with Crippen LogP contribution in [0.25, 0.3) is 0 Å². The van der Waals surface area contributed by atoms with Crippen LogP contribution in [0.4, 0.5) is 5.69 Å². The Morgan fingerprint density at radius 2 is 2.00 bits per heavy atom. The number of hydrogen-bond donors (Lipinski definition) is 1. The molecule has 0 spiro atoms. The average Bonchev–Trinajstić information content (AvgIpc) is 2.49. The average molecular weight is 260 g/mol. The largest absolute Gasteiger partial charge is 0.388 e. The van der Waals surface area contributed by atoms with Crippen molar-refractivity contribution in [1.29, 1.82) is 0 Å². The molecule has 1 aromatic rings. The quantitative estimate of drug-likeness (QED) is 0.797. The zero-order valence-electron chi connectivity index (χ0n) is 11.8. The first kappa shape index (κ1) is 13.9. The molecule has 0 radical (unpaired) electrons. The minimum absolute atomic E-state index is 0.466. The van der Waals surface area contributed by atoms with Gasteiger partial charge < -0.3 is 10.2 Å². The molecule has 104 valence electrons. The molecule has 1 N–H and O–H groups in total. The second-order valence-corrected chi connectivity index (χ2v) is 5.29. The molecule has 1 fully saturated rings. The maximum Gasteiger partial charge on any atom is 0.209 e. The summed E-state index contributed by atoms with van der Waals surface area (Å²) < 4.78 is 0. The van der Waals surface area contributed by atoms with E-state index in [-0.39, 0.29) is 0 Å². The molecule has 3 heteroatoms. The van der Waals surface area contributed by atoms with Gasteiger partial charge in [0.05, 0.1) is 0 Å². The van der Waals surface area contributed by atoms with Crippen molar-refractivity contribution in [2.45, 2.75) is 44.6 Å². The van der Waals surface area contributed by atoms with Gasteiger partial charge in [-0.15, -0.1) is 0 Å². The lowest BCUT2D eigenvalue weighted by atomic mass is 9.94. The van der Waals surface area contributed by atoms with Crippen LogP contribution < -0.4 is 5.32 Å². The second-order valence-electron chi connectivity index (χ2n) is 5.29. The summed E-state index contributed by atoms with van der Waals surface area (Å²) in [6, 6.07) is 8.78. The van der Waals surface area contributed by atoms with E-state index in [2.05, 4.69) is 23.5 Å². The standard InChI is InChI=1S/C16H24N2O/c1-17-16-10-6-5-7-14(16)11-12-18(13-19)15-8-3-2-4-9-15/h5-7,10,13,15,17H,2-4,8-9,11-12H2,1H3. The Labute approximate surface area is 116 Å². The number of para-hydroxylation sites is 1. The molecule has 0 saturated heterocycles. The van der Waals surface area contributed by atoms with Crippen molar-refractivity contribution >= 4 is 12.1 Å². The third-order valence-electron chi connectivity index (χ3n) is 4.11. The van der Waals surface area contributed by atoms with Crippen LogP contribution in [0, 0.1) is 0 Å². The van der Waals surface area contributed by atoms with Crippen LogP contribution >= 0.6 is 0 Å². The molecule has 1 aromatic carbocycles. The van der Waals surface area contributed by atoms with E-state index in [1.165, 1.54) is 37.7 Å². The predicted molar refractivity (Wildman–Crippen MR) is 79.3 cm³/mol. The summed E-state index contributed by atoms with van der Waals surface area (Å²) in [5, 5.41) is 3.21. The Kier molecular flexibility index (Phi) is 5.25. The minimum atomic E-state index is 0.466. The van der Waals surface area contributed by atoms with Gasteiger partial charge in [0.2, 0.25) is 6.41 Å². The normalized spacial score (nSPS) is 16.1. The summed E-state index contributed by atoms with van der Waals surface area (Å²) in [6.45, 7) is 0.826. The molecule has 0 aromatic heterocycles. The van der Waals surface area contributed by atoms with Gasteiger partial charge in [-0.25, -0.2) is 0 Å². The van der Waals surface area contributed by atoms with Gasteiger partial charge in [-0.1, -0.05) is 37.5 Å². The zero-order valence-corrected chi connectivity index (χ0v) is 11.8. The number of rotatable bonds is 6. The lowest BCUT2D eigenvalue weighted by molar-refractivity contribution is -0.120. The topological polar surface area (TPSA) is 32.3 Å². The van der Waals surface area contributed by atoms with Crippen LogP contribution in [0.15, 0.2) is 24.3 Å². The van der Waals surface area contributed by atoms with Crippen LogP contribution in [0.1, 0.15) is 37.7 Å². The van der Waals surface area contributed by atoms with Gasteiger partial charge in [0.1, 0.15) is 0 Å². The third kappa shape index (κ3) is 3.72. The van der Waals surface area contributed by atoms with E-state index < -0.39 is 0 Å². The molecule has 1 aliphatic carbocycles. The molecular weight excluding hydrogens is 236 g/mol. The van der Waals surface area contributed by atoms with Crippen molar-refractivity contribution in [3.63, 3.8) is 0 Å². The van der Waals surface area contributed by atoms with Crippen molar-refractivity contribution < 1.29 is 4.79 Å². The highest BCUT2D eigenvalue weighted by Gasteiger charge is 2.19. The number of hydrogen-bond acceptors (Lipinski definition) is 2. The molecule has 1 aliphatic rings. The zero-order chi connectivity index (χ0) is 13.5. The first-order valence-corrected chi connectivity index (χ1v) is 7.32. The van der Waals surface area contributed by atoms with Crippen LogP contribution in [0.3, 0.4) is 0 Å². The van der Waals surface area contributed by atoms with Crippen LogP contribution in [-0.2, 0) is 11.2 Å². The van der Waals surface area contributed by atoms with Crippen LogP contribution in [-0.4, -0.2) is 30.9 Å². The summed E-state index contributed by atoms with van der Waals surface area (Å²) in [7, 11) is 1.94. The molecule has 0 atom stereocenters. The van der Waals surface area contributed by atoms with E-state index in [0.29, 0.717) is 6.04 Å². The van der Waals surface area contributed by atoms with Gasteiger partial charge in [-0.3, -0.25) is 4.79 Å². The molecule has 0 unspecified atom stereocenters. The van der Waals surface area contributed by atoms with E-state index in [1.807, 2.05) is 18.0 Å².